The molecule has 0 unspecified atom stereocenters. The fourth-order valence-corrected chi connectivity index (χ4v) is 3.37. The average Bonchev–Trinajstić information content (AvgIpc) is 2.45. The van der Waals surface area contributed by atoms with Gasteiger partial charge in [-0.2, -0.15) is 0 Å². The first-order valence-electron chi connectivity index (χ1n) is 7.14. The van der Waals surface area contributed by atoms with Crippen LogP contribution in [0.2, 0.25) is 0 Å². The van der Waals surface area contributed by atoms with Crippen molar-refractivity contribution in [2.75, 3.05) is 5.75 Å². The van der Waals surface area contributed by atoms with Crippen LogP contribution >= 0.6 is 11.8 Å². The highest BCUT2D eigenvalue weighted by Crippen LogP contribution is 2.38. The lowest BCUT2D eigenvalue weighted by molar-refractivity contribution is 0.102. The van der Waals surface area contributed by atoms with E-state index in [4.69, 9.17) is 0 Å². The molecule has 2 aromatic rings. The largest absolute Gasteiger partial charge is 0.293 e. The van der Waals surface area contributed by atoms with Crippen LogP contribution in [0, 0.1) is 0 Å². The molecular formula is C18H18OS. The molecule has 0 atom stereocenters. The summed E-state index contributed by atoms with van der Waals surface area (Å²) in [6.45, 7) is 0. The van der Waals surface area contributed by atoms with Gasteiger partial charge in [0.15, 0.2) is 5.78 Å². The Hall–Kier alpha value is -1.54. The van der Waals surface area contributed by atoms with Crippen molar-refractivity contribution in [3.05, 3.63) is 65.7 Å². The molecule has 1 nitrogen and oxygen atoms in total. The lowest BCUT2D eigenvalue weighted by Gasteiger charge is -2.27. The van der Waals surface area contributed by atoms with Crippen LogP contribution in [0.15, 0.2) is 59.5 Å². The Morgan fingerprint density at radius 2 is 1.70 bits per heavy atom. The summed E-state index contributed by atoms with van der Waals surface area (Å²) >= 11 is 1.62. The number of ketones is 1. The number of thioether (sulfide) groups is 1. The molecule has 3 rings (SSSR count). The molecule has 0 N–H and O–H groups in total. The van der Waals surface area contributed by atoms with Crippen molar-refractivity contribution in [2.45, 2.75) is 30.1 Å². The molecule has 0 saturated heterocycles. The number of benzene rings is 2. The molecule has 2 heteroatoms. The van der Waals surface area contributed by atoms with E-state index in [-0.39, 0.29) is 5.78 Å². The molecule has 20 heavy (non-hydrogen) atoms. The van der Waals surface area contributed by atoms with Gasteiger partial charge in [0.2, 0.25) is 0 Å². The van der Waals surface area contributed by atoms with Crippen molar-refractivity contribution in [2.24, 2.45) is 0 Å². The Morgan fingerprint density at radius 3 is 2.40 bits per heavy atom. The van der Waals surface area contributed by atoms with Gasteiger partial charge in [0.25, 0.3) is 0 Å². The third-order valence-electron chi connectivity index (χ3n) is 3.92. The van der Waals surface area contributed by atoms with E-state index in [0.29, 0.717) is 11.7 Å². The fraction of sp³-hybridized carbons (Fsp3) is 0.278. The van der Waals surface area contributed by atoms with E-state index in [1.165, 1.54) is 24.8 Å². The number of carbonyl (C=O) groups excluding carboxylic acids is 1. The molecule has 2 aromatic carbocycles. The summed E-state index contributed by atoms with van der Waals surface area (Å²) in [6, 6.07) is 18.3. The van der Waals surface area contributed by atoms with Crippen LogP contribution in [0.25, 0.3) is 0 Å². The zero-order valence-corrected chi connectivity index (χ0v) is 12.2. The summed E-state index contributed by atoms with van der Waals surface area (Å²) in [5.41, 5.74) is 2.19. The number of hydrogen-bond acceptors (Lipinski definition) is 2. The fourth-order valence-electron chi connectivity index (χ4n) is 2.57. The normalized spacial score (nSPS) is 14.8. The van der Waals surface area contributed by atoms with Crippen molar-refractivity contribution in [1.29, 1.82) is 0 Å². The van der Waals surface area contributed by atoms with Gasteiger partial charge >= 0.3 is 0 Å². The molecule has 0 spiro atoms. The molecule has 0 amide bonds. The molecule has 0 aliphatic heterocycles. The van der Waals surface area contributed by atoms with Crippen LogP contribution in [-0.4, -0.2) is 11.5 Å². The third kappa shape index (κ3) is 2.96. The smallest absolute Gasteiger partial charge is 0.173 e. The first-order valence-corrected chi connectivity index (χ1v) is 8.13. The first kappa shape index (κ1) is 13.4. The van der Waals surface area contributed by atoms with E-state index in [2.05, 4.69) is 24.3 Å². The zero-order chi connectivity index (χ0) is 13.8. The summed E-state index contributed by atoms with van der Waals surface area (Å²) in [6.07, 6.45) is 3.76. The Morgan fingerprint density at radius 1 is 1.00 bits per heavy atom. The maximum Gasteiger partial charge on any atom is 0.173 e. The molecule has 0 heterocycles. The predicted molar refractivity (Wildman–Crippen MR) is 84.5 cm³/mol. The zero-order valence-electron chi connectivity index (χ0n) is 11.4. The van der Waals surface area contributed by atoms with Crippen molar-refractivity contribution in [3.8, 4) is 0 Å². The van der Waals surface area contributed by atoms with Crippen LogP contribution in [0.3, 0.4) is 0 Å². The van der Waals surface area contributed by atoms with E-state index >= 15 is 0 Å². The Labute approximate surface area is 124 Å². The molecule has 1 aliphatic carbocycles. The van der Waals surface area contributed by atoms with Gasteiger partial charge in [-0.05, 0) is 36.5 Å². The second-order valence-corrected chi connectivity index (χ2v) is 6.29. The van der Waals surface area contributed by atoms with Crippen LogP contribution in [0.4, 0.5) is 0 Å². The lowest BCUT2D eigenvalue weighted by Crippen LogP contribution is -2.14. The topological polar surface area (TPSA) is 17.1 Å². The monoisotopic (exact) mass is 282 g/mol. The van der Waals surface area contributed by atoms with Crippen molar-refractivity contribution < 1.29 is 4.79 Å². The van der Waals surface area contributed by atoms with Gasteiger partial charge in [0.1, 0.15) is 0 Å². The van der Waals surface area contributed by atoms with Crippen molar-refractivity contribution in [3.63, 3.8) is 0 Å². The number of rotatable bonds is 5. The van der Waals surface area contributed by atoms with E-state index in [1.807, 2.05) is 30.3 Å². The van der Waals surface area contributed by atoms with Gasteiger partial charge in [-0.1, -0.05) is 48.9 Å². The SMILES string of the molecule is O=C(CSc1ccccc1)c1ccccc1C1CCC1. The molecule has 1 fully saturated rings. The molecule has 0 bridgehead atoms. The molecule has 1 aliphatic rings. The average molecular weight is 282 g/mol. The second kappa shape index (κ2) is 6.27. The molecule has 0 aromatic heterocycles. The summed E-state index contributed by atoms with van der Waals surface area (Å²) in [7, 11) is 0. The maximum atomic E-state index is 12.5. The van der Waals surface area contributed by atoms with E-state index in [1.54, 1.807) is 11.8 Å². The minimum absolute atomic E-state index is 0.251. The highest BCUT2D eigenvalue weighted by molar-refractivity contribution is 8.00. The summed E-state index contributed by atoms with van der Waals surface area (Å²) in [5.74, 6) is 1.38. The van der Waals surface area contributed by atoms with E-state index in [9.17, 15) is 4.79 Å². The van der Waals surface area contributed by atoms with Crippen LogP contribution < -0.4 is 0 Å². The molecule has 1 saturated carbocycles. The first-order chi connectivity index (χ1) is 9.84. The van der Waals surface area contributed by atoms with Gasteiger partial charge in [0.05, 0.1) is 5.75 Å². The highest BCUT2D eigenvalue weighted by Gasteiger charge is 2.23. The van der Waals surface area contributed by atoms with Gasteiger partial charge in [-0.3, -0.25) is 4.79 Å². The van der Waals surface area contributed by atoms with Gasteiger partial charge < -0.3 is 0 Å². The Kier molecular flexibility index (Phi) is 4.22. The van der Waals surface area contributed by atoms with Crippen LogP contribution in [0.1, 0.15) is 41.1 Å². The van der Waals surface area contributed by atoms with E-state index < -0.39 is 0 Å². The minimum atomic E-state index is 0.251. The van der Waals surface area contributed by atoms with Crippen LogP contribution in [0.5, 0.6) is 0 Å². The summed E-state index contributed by atoms with van der Waals surface area (Å²) < 4.78 is 0. The van der Waals surface area contributed by atoms with Crippen molar-refractivity contribution >= 4 is 17.5 Å². The molecule has 0 radical (unpaired) electrons. The Balaban J connectivity index is 1.71. The van der Waals surface area contributed by atoms with Crippen molar-refractivity contribution in [1.82, 2.24) is 0 Å². The highest BCUT2D eigenvalue weighted by atomic mass is 32.2. The summed E-state index contributed by atoms with van der Waals surface area (Å²) in [5, 5.41) is 0. The quantitative estimate of drug-likeness (QED) is 0.571. The molecule has 102 valence electrons. The predicted octanol–water partition coefficient (Wildman–Crippen LogP) is 4.93. The van der Waals surface area contributed by atoms with E-state index in [0.717, 1.165) is 10.5 Å². The van der Waals surface area contributed by atoms with Gasteiger partial charge in [-0.25, -0.2) is 0 Å². The number of carbonyl (C=O) groups is 1. The Bertz CT molecular complexity index is 587. The maximum absolute atomic E-state index is 12.5. The van der Waals surface area contributed by atoms with Gasteiger partial charge in [0, 0.05) is 10.5 Å². The van der Waals surface area contributed by atoms with Crippen LogP contribution in [-0.2, 0) is 0 Å². The second-order valence-electron chi connectivity index (χ2n) is 5.24. The molecular weight excluding hydrogens is 264 g/mol. The summed E-state index contributed by atoms with van der Waals surface area (Å²) in [4.78, 5) is 13.6. The standard InChI is InChI=1S/C18H18OS/c19-18(13-20-15-9-2-1-3-10-15)17-12-5-4-11-16(17)14-7-6-8-14/h1-5,9-12,14H,6-8,13H2. The lowest BCUT2D eigenvalue weighted by atomic mass is 9.78. The number of hydrogen-bond donors (Lipinski definition) is 0. The van der Waals surface area contributed by atoms with Gasteiger partial charge in [-0.15, -0.1) is 11.8 Å². The minimum Gasteiger partial charge on any atom is -0.293 e. The third-order valence-corrected chi connectivity index (χ3v) is 4.93. The number of Topliss-reactive ketones (excluding diaryl/α,β-unsaturated/α-hetero) is 1.